The summed E-state index contributed by atoms with van der Waals surface area (Å²) >= 11 is 0. The number of carbonyl (C=O) groups excluding carboxylic acids is 4. The van der Waals surface area contributed by atoms with Crippen LogP contribution in [-0.4, -0.2) is 59.4 Å². The molecule has 158 valence electrons. The van der Waals surface area contributed by atoms with Gasteiger partial charge in [0.05, 0.1) is 12.7 Å². The Morgan fingerprint density at radius 3 is 2.55 bits per heavy atom. The van der Waals surface area contributed by atoms with Crippen LogP contribution >= 0.6 is 0 Å². The second-order valence-electron chi connectivity index (χ2n) is 7.61. The molecular weight excluding hydrogens is 376 g/mol. The molecule has 29 heavy (non-hydrogen) atoms. The Balaban J connectivity index is 1.56. The standard InChI is InChI=1S/C20H28N4O5/c1-4-13-14(17(26)29-3)12(2)15(22-13)16(25)21-10-7-11-24-18(27)20(23-19(24)28)8-5-6-9-20/h22H,4-11H2,1-3H3,(H,21,25)(H,23,28). The molecule has 0 bridgehead atoms. The Morgan fingerprint density at radius 2 is 1.93 bits per heavy atom. The highest BCUT2D eigenvalue weighted by Gasteiger charge is 2.51. The normalized spacial score (nSPS) is 17.7. The van der Waals surface area contributed by atoms with E-state index in [4.69, 9.17) is 4.74 Å². The summed E-state index contributed by atoms with van der Waals surface area (Å²) in [4.78, 5) is 53.5. The summed E-state index contributed by atoms with van der Waals surface area (Å²) in [6.45, 7) is 4.14. The molecule has 0 radical (unpaired) electrons. The van der Waals surface area contributed by atoms with Gasteiger partial charge in [0.15, 0.2) is 0 Å². The molecule has 1 saturated carbocycles. The Hall–Kier alpha value is -2.84. The number of rotatable bonds is 7. The number of aryl methyl sites for hydroxylation is 1. The third kappa shape index (κ3) is 3.73. The van der Waals surface area contributed by atoms with E-state index in [1.54, 1.807) is 6.92 Å². The minimum atomic E-state index is -0.706. The Labute approximate surface area is 169 Å². The van der Waals surface area contributed by atoms with Crippen molar-refractivity contribution in [3.8, 4) is 0 Å². The first-order valence-electron chi connectivity index (χ1n) is 10.1. The lowest BCUT2D eigenvalue weighted by atomic mass is 9.98. The van der Waals surface area contributed by atoms with Gasteiger partial charge in [0.25, 0.3) is 11.8 Å². The predicted molar refractivity (Wildman–Crippen MR) is 105 cm³/mol. The van der Waals surface area contributed by atoms with Gasteiger partial charge in [-0.25, -0.2) is 9.59 Å². The lowest BCUT2D eigenvalue weighted by molar-refractivity contribution is -0.131. The minimum Gasteiger partial charge on any atom is -0.465 e. The zero-order valence-corrected chi connectivity index (χ0v) is 17.1. The number of esters is 1. The number of ether oxygens (including phenoxy) is 1. The lowest BCUT2D eigenvalue weighted by Gasteiger charge is -2.20. The van der Waals surface area contributed by atoms with Gasteiger partial charge in [-0.3, -0.25) is 14.5 Å². The number of urea groups is 1. The van der Waals surface area contributed by atoms with E-state index in [1.807, 2.05) is 6.92 Å². The average Bonchev–Trinajstić information content (AvgIpc) is 3.37. The molecule has 3 N–H and O–H groups in total. The highest BCUT2D eigenvalue weighted by atomic mass is 16.5. The summed E-state index contributed by atoms with van der Waals surface area (Å²) in [5.74, 6) is -0.965. The molecular formula is C20H28N4O5. The fourth-order valence-corrected chi connectivity index (χ4v) is 4.25. The maximum absolute atomic E-state index is 12.6. The number of nitrogens with zero attached hydrogens (tertiary/aromatic N) is 1. The molecule has 1 aromatic heterocycles. The fourth-order valence-electron chi connectivity index (χ4n) is 4.25. The summed E-state index contributed by atoms with van der Waals surface area (Å²) in [7, 11) is 1.31. The number of amides is 4. The van der Waals surface area contributed by atoms with Crippen molar-refractivity contribution in [3.63, 3.8) is 0 Å². The van der Waals surface area contributed by atoms with E-state index in [9.17, 15) is 19.2 Å². The number of methoxy groups -OCH3 is 1. The molecule has 0 unspecified atom stereocenters. The van der Waals surface area contributed by atoms with E-state index in [-0.39, 0.29) is 24.4 Å². The van der Waals surface area contributed by atoms with Crippen LogP contribution in [0.15, 0.2) is 0 Å². The first kappa shape index (κ1) is 20.9. The minimum absolute atomic E-state index is 0.151. The summed E-state index contributed by atoms with van der Waals surface area (Å²) < 4.78 is 4.80. The van der Waals surface area contributed by atoms with Crippen molar-refractivity contribution in [3.05, 3.63) is 22.5 Å². The van der Waals surface area contributed by atoms with E-state index in [0.717, 1.165) is 12.8 Å². The zero-order chi connectivity index (χ0) is 21.2. The fraction of sp³-hybridized carbons (Fsp3) is 0.600. The number of carbonyl (C=O) groups is 4. The average molecular weight is 404 g/mol. The van der Waals surface area contributed by atoms with Crippen molar-refractivity contribution in [2.45, 2.75) is 57.9 Å². The van der Waals surface area contributed by atoms with E-state index >= 15 is 0 Å². The topological polar surface area (TPSA) is 121 Å². The highest BCUT2D eigenvalue weighted by Crippen LogP contribution is 2.35. The van der Waals surface area contributed by atoms with E-state index in [0.29, 0.717) is 54.7 Å². The molecule has 0 atom stereocenters. The van der Waals surface area contributed by atoms with Gasteiger partial charge < -0.3 is 20.4 Å². The number of aromatic nitrogens is 1. The molecule has 9 nitrogen and oxygen atoms in total. The van der Waals surface area contributed by atoms with Gasteiger partial charge in [-0.2, -0.15) is 0 Å². The quantitative estimate of drug-likeness (QED) is 0.363. The smallest absolute Gasteiger partial charge is 0.339 e. The maximum Gasteiger partial charge on any atom is 0.339 e. The molecule has 1 saturated heterocycles. The Bertz CT molecular complexity index is 838. The van der Waals surface area contributed by atoms with Crippen LogP contribution in [0.5, 0.6) is 0 Å². The molecule has 1 aromatic rings. The molecule has 2 heterocycles. The Kier molecular flexibility index (Phi) is 5.95. The molecule has 3 rings (SSSR count). The molecule has 1 spiro atoms. The molecule has 1 aliphatic carbocycles. The molecule has 9 heteroatoms. The first-order valence-corrected chi connectivity index (χ1v) is 10.1. The van der Waals surface area contributed by atoms with Gasteiger partial charge >= 0.3 is 12.0 Å². The number of nitrogens with one attached hydrogen (secondary N) is 3. The van der Waals surface area contributed by atoms with Gasteiger partial charge in [0, 0.05) is 18.8 Å². The van der Waals surface area contributed by atoms with Gasteiger partial charge in [0.2, 0.25) is 0 Å². The number of imide groups is 1. The lowest BCUT2D eigenvalue weighted by Crippen LogP contribution is -2.44. The van der Waals surface area contributed by atoms with Gasteiger partial charge in [-0.05, 0) is 38.2 Å². The number of H-pyrrole nitrogens is 1. The van der Waals surface area contributed by atoms with Crippen LogP contribution in [0.2, 0.25) is 0 Å². The van der Waals surface area contributed by atoms with Crippen LogP contribution in [-0.2, 0) is 16.0 Å². The summed E-state index contributed by atoms with van der Waals surface area (Å²) in [6.07, 6.45) is 4.29. The third-order valence-electron chi connectivity index (χ3n) is 5.84. The monoisotopic (exact) mass is 404 g/mol. The summed E-state index contributed by atoms with van der Waals surface area (Å²) in [6, 6.07) is -0.348. The van der Waals surface area contributed by atoms with Crippen LogP contribution in [0.1, 0.15) is 71.1 Å². The van der Waals surface area contributed by atoms with Gasteiger partial charge in [0.1, 0.15) is 11.2 Å². The Morgan fingerprint density at radius 1 is 1.24 bits per heavy atom. The van der Waals surface area contributed by atoms with Crippen LogP contribution in [0.25, 0.3) is 0 Å². The predicted octanol–water partition coefficient (Wildman–Crippen LogP) is 1.66. The van der Waals surface area contributed by atoms with Crippen molar-refractivity contribution in [2.75, 3.05) is 20.2 Å². The summed E-state index contributed by atoms with van der Waals surface area (Å²) in [5.41, 5.74) is 1.20. The largest absolute Gasteiger partial charge is 0.465 e. The van der Waals surface area contributed by atoms with E-state index in [1.165, 1.54) is 12.0 Å². The number of aromatic amines is 1. The van der Waals surface area contributed by atoms with Crippen molar-refractivity contribution in [2.24, 2.45) is 0 Å². The second-order valence-corrected chi connectivity index (χ2v) is 7.61. The van der Waals surface area contributed by atoms with Crippen LogP contribution in [0, 0.1) is 6.92 Å². The molecule has 2 aliphatic rings. The molecule has 1 aliphatic heterocycles. The van der Waals surface area contributed by atoms with Gasteiger partial charge in [-0.1, -0.05) is 19.8 Å². The first-order chi connectivity index (χ1) is 13.8. The summed E-state index contributed by atoms with van der Waals surface area (Å²) in [5, 5.41) is 5.63. The van der Waals surface area contributed by atoms with E-state index in [2.05, 4.69) is 15.6 Å². The van der Waals surface area contributed by atoms with Crippen LogP contribution in [0.3, 0.4) is 0 Å². The SMILES string of the molecule is CCc1[nH]c(C(=O)NCCCN2C(=O)NC3(CCCC3)C2=O)c(C)c1C(=O)OC. The van der Waals surface area contributed by atoms with Crippen molar-refractivity contribution in [1.29, 1.82) is 0 Å². The third-order valence-corrected chi connectivity index (χ3v) is 5.84. The zero-order valence-electron chi connectivity index (χ0n) is 17.1. The molecule has 0 aromatic carbocycles. The van der Waals surface area contributed by atoms with Crippen molar-refractivity contribution >= 4 is 23.8 Å². The second kappa shape index (κ2) is 8.26. The van der Waals surface area contributed by atoms with Crippen LogP contribution < -0.4 is 10.6 Å². The molecule has 4 amide bonds. The number of hydrogen-bond acceptors (Lipinski definition) is 5. The molecule has 2 fully saturated rings. The maximum atomic E-state index is 12.6. The van der Waals surface area contributed by atoms with Gasteiger partial charge in [-0.15, -0.1) is 0 Å². The highest BCUT2D eigenvalue weighted by molar-refractivity contribution is 6.07. The van der Waals surface area contributed by atoms with Crippen molar-refractivity contribution < 1.29 is 23.9 Å². The van der Waals surface area contributed by atoms with Crippen LogP contribution in [0.4, 0.5) is 4.79 Å². The van der Waals surface area contributed by atoms with E-state index < -0.39 is 11.5 Å². The van der Waals surface area contributed by atoms with Crippen molar-refractivity contribution in [1.82, 2.24) is 20.5 Å². The number of hydrogen-bond donors (Lipinski definition) is 3.